The van der Waals surface area contributed by atoms with Crippen molar-refractivity contribution < 1.29 is 4.74 Å². The number of benzene rings is 1. The molecule has 0 spiro atoms. The third-order valence-electron chi connectivity index (χ3n) is 3.32. The summed E-state index contributed by atoms with van der Waals surface area (Å²) in [6.45, 7) is 6.17. The summed E-state index contributed by atoms with van der Waals surface area (Å²) in [7, 11) is 0. The van der Waals surface area contributed by atoms with E-state index in [0.717, 1.165) is 43.4 Å². The number of rotatable bonds is 6. The number of nitrogens with one attached hydrogen (secondary N) is 2. The van der Waals surface area contributed by atoms with Gasteiger partial charge in [0, 0.05) is 17.1 Å². The van der Waals surface area contributed by atoms with Crippen LogP contribution in [0.15, 0.2) is 24.3 Å². The van der Waals surface area contributed by atoms with E-state index in [0.29, 0.717) is 0 Å². The van der Waals surface area contributed by atoms with Gasteiger partial charge < -0.3 is 15.4 Å². The van der Waals surface area contributed by atoms with Crippen molar-refractivity contribution in [3.8, 4) is 5.75 Å². The van der Waals surface area contributed by atoms with Crippen LogP contribution in [0, 0.1) is 0 Å². The van der Waals surface area contributed by atoms with E-state index in [1.54, 1.807) is 0 Å². The quantitative estimate of drug-likeness (QED) is 0.778. The van der Waals surface area contributed by atoms with E-state index in [1.165, 1.54) is 6.42 Å². The molecule has 0 bridgehead atoms. The Hall–Kier alpha value is -0.770. The van der Waals surface area contributed by atoms with E-state index in [-0.39, 0.29) is 5.54 Å². The molecule has 0 aliphatic carbocycles. The van der Waals surface area contributed by atoms with Crippen LogP contribution in [0.3, 0.4) is 0 Å². The molecule has 1 aliphatic rings. The average Bonchev–Trinajstić information content (AvgIpc) is 2.78. The fourth-order valence-electron chi connectivity index (χ4n) is 2.15. The summed E-state index contributed by atoms with van der Waals surface area (Å²) in [5, 5.41) is 7.71. The Morgan fingerprint density at radius 1 is 1.39 bits per heavy atom. The van der Waals surface area contributed by atoms with E-state index in [9.17, 15) is 0 Å². The number of halogens is 1. The molecular formula is C14H21ClN2O. The van der Waals surface area contributed by atoms with E-state index >= 15 is 0 Å². The van der Waals surface area contributed by atoms with E-state index in [1.807, 2.05) is 24.3 Å². The summed E-state index contributed by atoms with van der Waals surface area (Å²) in [6, 6.07) is 7.50. The highest BCUT2D eigenvalue weighted by Crippen LogP contribution is 2.16. The Balaban J connectivity index is 1.60. The molecule has 1 aromatic rings. The zero-order chi connectivity index (χ0) is 12.8. The van der Waals surface area contributed by atoms with Crippen molar-refractivity contribution in [2.24, 2.45) is 0 Å². The molecule has 1 aromatic carbocycles. The van der Waals surface area contributed by atoms with E-state index in [4.69, 9.17) is 16.3 Å². The third-order valence-corrected chi connectivity index (χ3v) is 3.58. The van der Waals surface area contributed by atoms with E-state index < -0.39 is 0 Å². The summed E-state index contributed by atoms with van der Waals surface area (Å²) in [5.74, 6) is 0.883. The van der Waals surface area contributed by atoms with Gasteiger partial charge >= 0.3 is 0 Å². The van der Waals surface area contributed by atoms with Gasteiger partial charge in [0.2, 0.25) is 0 Å². The highest BCUT2D eigenvalue weighted by molar-refractivity contribution is 6.30. The molecule has 2 N–H and O–H groups in total. The molecule has 1 atom stereocenters. The normalized spacial score (nSPS) is 23.2. The van der Waals surface area contributed by atoms with Crippen LogP contribution in [0.1, 0.15) is 19.8 Å². The highest BCUT2D eigenvalue weighted by Gasteiger charge is 2.26. The highest BCUT2D eigenvalue weighted by atomic mass is 35.5. The number of hydrogen-bond donors (Lipinski definition) is 2. The standard InChI is InChI=1S/C14H21ClN2O/c1-14(7-9-16-11-14)17-8-2-10-18-13-5-3-12(15)4-6-13/h3-6,16-17H,2,7-11H2,1H3. The van der Waals surface area contributed by atoms with Gasteiger partial charge in [-0.2, -0.15) is 0 Å². The maximum Gasteiger partial charge on any atom is 0.119 e. The van der Waals surface area contributed by atoms with Crippen molar-refractivity contribution in [2.45, 2.75) is 25.3 Å². The minimum atomic E-state index is 0.264. The molecule has 1 unspecified atom stereocenters. The first-order valence-electron chi connectivity index (χ1n) is 6.52. The van der Waals surface area contributed by atoms with Crippen LogP contribution in [0.25, 0.3) is 0 Å². The van der Waals surface area contributed by atoms with Gasteiger partial charge in [0.25, 0.3) is 0 Å². The van der Waals surface area contributed by atoms with Gasteiger partial charge in [-0.15, -0.1) is 0 Å². The minimum absolute atomic E-state index is 0.264. The molecule has 4 heteroatoms. The fraction of sp³-hybridized carbons (Fsp3) is 0.571. The zero-order valence-corrected chi connectivity index (χ0v) is 11.6. The first kappa shape index (κ1) is 13.7. The SMILES string of the molecule is CC1(NCCCOc2ccc(Cl)cc2)CCNC1. The molecule has 0 aromatic heterocycles. The Bertz CT molecular complexity index is 361. The minimum Gasteiger partial charge on any atom is -0.494 e. The summed E-state index contributed by atoms with van der Waals surface area (Å²) >= 11 is 5.81. The Morgan fingerprint density at radius 3 is 2.83 bits per heavy atom. The van der Waals surface area contributed by atoms with Crippen LogP contribution in [-0.2, 0) is 0 Å². The zero-order valence-electron chi connectivity index (χ0n) is 10.8. The first-order chi connectivity index (χ1) is 8.68. The second kappa shape index (κ2) is 6.41. The van der Waals surface area contributed by atoms with Crippen LogP contribution in [0.4, 0.5) is 0 Å². The van der Waals surface area contributed by atoms with Crippen molar-refractivity contribution in [3.05, 3.63) is 29.3 Å². The van der Waals surface area contributed by atoms with Gasteiger partial charge in [0.05, 0.1) is 6.61 Å². The largest absolute Gasteiger partial charge is 0.494 e. The van der Waals surface area contributed by atoms with Gasteiger partial charge in [-0.05, 0) is 57.1 Å². The van der Waals surface area contributed by atoms with Gasteiger partial charge in [-0.1, -0.05) is 11.6 Å². The maximum absolute atomic E-state index is 5.81. The lowest BCUT2D eigenvalue weighted by atomic mass is 10.0. The van der Waals surface area contributed by atoms with Crippen LogP contribution in [0.5, 0.6) is 5.75 Å². The topological polar surface area (TPSA) is 33.3 Å². The summed E-state index contributed by atoms with van der Waals surface area (Å²) in [4.78, 5) is 0. The maximum atomic E-state index is 5.81. The van der Waals surface area contributed by atoms with Crippen LogP contribution in [0.2, 0.25) is 5.02 Å². The van der Waals surface area contributed by atoms with Crippen molar-refractivity contribution in [1.29, 1.82) is 0 Å². The Morgan fingerprint density at radius 2 is 2.17 bits per heavy atom. The van der Waals surface area contributed by atoms with Crippen molar-refractivity contribution >= 4 is 11.6 Å². The molecule has 3 nitrogen and oxygen atoms in total. The second-order valence-electron chi connectivity index (χ2n) is 5.07. The molecule has 0 saturated carbocycles. The van der Waals surface area contributed by atoms with Crippen LogP contribution in [-0.4, -0.2) is 31.8 Å². The summed E-state index contributed by atoms with van der Waals surface area (Å²) < 4.78 is 5.64. The lowest BCUT2D eigenvalue weighted by Gasteiger charge is -2.24. The molecular weight excluding hydrogens is 248 g/mol. The predicted octanol–water partition coefficient (Wildman–Crippen LogP) is 2.45. The molecule has 1 saturated heterocycles. The summed E-state index contributed by atoms with van der Waals surface area (Å²) in [5.41, 5.74) is 0.264. The summed E-state index contributed by atoms with van der Waals surface area (Å²) in [6.07, 6.45) is 2.21. The monoisotopic (exact) mass is 268 g/mol. The van der Waals surface area contributed by atoms with Crippen LogP contribution < -0.4 is 15.4 Å². The van der Waals surface area contributed by atoms with Gasteiger partial charge in [-0.25, -0.2) is 0 Å². The van der Waals surface area contributed by atoms with Crippen molar-refractivity contribution in [2.75, 3.05) is 26.2 Å². The van der Waals surface area contributed by atoms with Crippen molar-refractivity contribution in [1.82, 2.24) is 10.6 Å². The molecule has 1 heterocycles. The molecule has 18 heavy (non-hydrogen) atoms. The number of hydrogen-bond acceptors (Lipinski definition) is 3. The van der Waals surface area contributed by atoms with Crippen LogP contribution >= 0.6 is 11.6 Å². The Kier molecular flexibility index (Phi) is 4.87. The fourth-order valence-corrected chi connectivity index (χ4v) is 2.28. The smallest absolute Gasteiger partial charge is 0.119 e. The van der Waals surface area contributed by atoms with E-state index in [2.05, 4.69) is 17.6 Å². The third kappa shape index (κ3) is 4.16. The second-order valence-corrected chi connectivity index (χ2v) is 5.51. The number of ether oxygens (including phenoxy) is 1. The van der Waals surface area contributed by atoms with Crippen molar-refractivity contribution in [3.63, 3.8) is 0 Å². The molecule has 100 valence electrons. The molecule has 1 aliphatic heterocycles. The Labute approximate surface area is 114 Å². The van der Waals surface area contributed by atoms with Gasteiger partial charge in [0.1, 0.15) is 5.75 Å². The lowest BCUT2D eigenvalue weighted by molar-refractivity contribution is 0.294. The van der Waals surface area contributed by atoms with Gasteiger partial charge in [0.15, 0.2) is 0 Å². The van der Waals surface area contributed by atoms with Gasteiger partial charge in [-0.3, -0.25) is 0 Å². The molecule has 0 radical (unpaired) electrons. The molecule has 0 amide bonds. The average molecular weight is 269 g/mol. The lowest BCUT2D eigenvalue weighted by Crippen LogP contribution is -2.44. The molecule has 1 fully saturated rings. The predicted molar refractivity (Wildman–Crippen MR) is 75.5 cm³/mol. The molecule has 2 rings (SSSR count). The first-order valence-corrected chi connectivity index (χ1v) is 6.90.